The lowest BCUT2D eigenvalue weighted by Gasteiger charge is -2.28. The third-order valence-corrected chi connectivity index (χ3v) is 1.19. The van der Waals surface area contributed by atoms with Crippen molar-refractivity contribution in [3.05, 3.63) is 0 Å². The Balaban J connectivity index is 3.99. The predicted octanol–water partition coefficient (Wildman–Crippen LogP) is -3.00. The van der Waals surface area contributed by atoms with Crippen molar-refractivity contribution in [3.63, 3.8) is 0 Å². The Bertz CT molecular complexity index is 125. The van der Waals surface area contributed by atoms with Crippen LogP contribution in [0.15, 0.2) is 0 Å². The van der Waals surface area contributed by atoms with Crippen molar-refractivity contribution < 1.29 is 20.4 Å². The number of aliphatic hydroxyl groups excluding tert-OH is 1. The fraction of sp³-hybridized carbons (Fsp3) is 1.00. The first kappa shape index (κ1) is 10.8. The van der Waals surface area contributed by atoms with Crippen LogP contribution in [0.3, 0.4) is 0 Å². The molecular weight excluding hydrogens is 152 g/mol. The molecule has 0 aromatic rings. The minimum absolute atomic E-state index is 0.712. The number of nitrogens with two attached hydrogens (primary N) is 2. The third-order valence-electron chi connectivity index (χ3n) is 1.19. The summed E-state index contributed by atoms with van der Waals surface area (Å²) in [6, 6.07) is 0. The van der Waals surface area contributed by atoms with Crippen LogP contribution in [0.5, 0.6) is 0 Å². The normalized spacial score (nSPS) is 16.6. The fourth-order valence-corrected chi connectivity index (χ4v) is 0.479. The average molecular weight is 166 g/mol. The molecule has 0 aliphatic carbocycles. The van der Waals surface area contributed by atoms with Gasteiger partial charge in [-0.25, -0.2) is 0 Å². The molecule has 0 bridgehead atoms. The van der Waals surface area contributed by atoms with Crippen LogP contribution in [-0.4, -0.2) is 38.2 Å². The maximum Gasteiger partial charge on any atom is 0.277 e. The number of hydrogen-bond acceptors (Lipinski definition) is 6. The molecule has 0 aromatic heterocycles. The zero-order valence-corrected chi connectivity index (χ0v) is 6.23. The summed E-state index contributed by atoms with van der Waals surface area (Å²) in [6.45, 7) is 1.30. The van der Waals surface area contributed by atoms with E-state index in [1.165, 1.54) is 6.92 Å². The smallest absolute Gasteiger partial charge is 0.277 e. The zero-order chi connectivity index (χ0) is 9.28. The van der Waals surface area contributed by atoms with E-state index < -0.39 is 24.2 Å². The lowest BCUT2D eigenvalue weighted by atomic mass is 10.0. The molecule has 0 radical (unpaired) electrons. The summed E-state index contributed by atoms with van der Waals surface area (Å²) in [6.07, 6.45) is -2.10. The summed E-state index contributed by atoms with van der Waals surface area (Å²) >= 11 is 0. The molecule has 0 heterocycles. The highest BCUT2D eigenvalue weighted by Gasteiger charge is 2.31. The van der Waals surface area contributed by atoms with Crippen LogP contribution in [0.4, 0.5) is 0 Å². The molecule has 0 aliphatic heterocycles. The van der Waals surface area contributed by atoms with Crippen molar-refractivity contribution in [2.45, 2.75) is 31.1 Å². The molecule has 0 saturated heterocycles. The van der Waals surface area contributed by atoms with Crippen LogP contribution < -0.4 is 11.5 Å². The van der Waals surface area contributed by atoms with Gasteiger partial charge in [-0.2, -0.15) is 0 Å². The van der Waals surface area contributed by atoms with Crippen molar-refractivity contribution >= 4 is 0 Å². The first-order chi connectivity index (χ1) is 4.63. The maximum atomic E-state index is 8.99. The van der Waals surface area contributed by atoms with Gasteiger partial charge in [0.2, 0.25) is 0 Å². The van der Waals surface area contributed by atoms with Crippen LogP contribution in [0.1, 0.15) is 13.3 Å². The molecule has 0 aromatic carbocycles. The highest BCUT2D eigenvalue weighted by Crippen LogP contribution is 2.10. The molecule has 0 amide bonds. The van der Waals surface area contributed by atoms with E-state index >= 15 is 0 Å². The zero-order valence-electron chi connectivity index (χ0n) is 6.23. The van der Waals surface area contributed by atoms with E-state index in [4.69, 9.17) is 31.9 Å². The van der Waals surface area contributed by atoms with Crippen LogP contribution in [0, 0.1) is 0 Å². The first-order valence-corrected chi connectivity index (χ1v) is 3.06. The summed E-state index contributed by atoms with van der Waals surface area (Å²) in [7, 11) is 0. The van der Waals surface area contributed by atoms with Crippen molar-refractivity contribution in [2.75, 3.05) is 0 Å². The number of rotatable bonds is 3. The molecule has 1 unspecified atom stereocenters. The van der Waals surface area contributed by atoms with Crippen LogP contribution in [0.2, 0.25) is 0 Å². The molecule has 0 saturated carbocycles. The van der Waals surface area contributed by atoms with Gasteiger partial charge in [0.1, 0.15) is 0 Å². The van der Waals surface area contributed by atoms with E-state index in [1.807, 2.05) is 0 Å². The van der Waals surface area contributed by atoms with Crippen molar-refractivity contribution in [3.8, 4) is 0 Å². The third kappa shape index (κ3) is 5.08. The van der Waals surface area contributed by atoms with Gasteiger partial charge in [0.05, 0.1) is 18.2 Å². The summed E-state index contributed by atoms with van der Waals surface area (Å²) in [4.78, 5) is 0. The highest BCUT2D eigenvalue weighted by atomic mass is 16.7. The second-order valence-corrected chi connectivity index (χ2v) is 2.86. The van der Waals surface area contributed by atoms with Crippen LogP contribution >= 0.6 is 0 Å². The molecule has 11 heavy (non-hydrogen) atoms. The first-order valence-electron chi connectivity index (χ1n) is 3.06. The lowest BCUT2D eigenvalue weighted by molar-refractivity contribution is -0.324. The molecule has 6 heteroatoms. The second-order valence-electron chi connectivity index (χ2n) is 2.86. The average Bonchev–Trinajstić information content (AvgIpc) is 1.56. The summed E-state index contributed by atoms with van der Waals surface area (Å²) in [5.74, 6) is -2.93. The standard InChI is InChI=1S/C5H14N2O4/c1-4(6,7)3(8)2-5(9,10)11/h3,8-11H,2,6-7H2,1H3. The second kappa shape index (κ2) is 3.02. The van der Waals surface area contributed by atoms with Gasteiger partial charge in [0.25, 0.3) is 5.97 Å². The Morgan fingerprint density at radius 2 is 1.64 bits per heavy atom. The molecule has 0 rings (SSSR count). The molecule has 0 aliphatic rings. The number of aliphatic hydroxyl groups is 4. The van der Waals surface area contributed by atoms with E-state index in [0.717, 1.165) is 0 Å². The van der Waals surface area contributed by atoms with E-state index in [2.05, 4.69) is 0 Å². The molecule has 6 nitrogen and oxygen atoms in total. The Kier molecular flexibility index (Phi) is 2.95. The van der Waals surface area contributed by atoms with Crippen molar-refractivity contribution in [1.82, 2.24) is 0 Å². The maximum absolute atomic E-state index is 8.99. The minimum Gasteiger partial charge on any atom is -0.390 e. The topological polar surface area (TPSA) is 133 Å². The van der Waals surface area contributed by atoms with Gasteiger partial charge in [-0.15, -0.1) is 0 Å². The summed E-state index contributed by atoms with van der Waals surface area (Å²) < 4.78 is 0. The van der Waals surface area contributed by atoms with Crippen LogP contribution in [0.25, 0.3) is 0 Å². The molecule has 0 fully saturated rings. The predicted molar refractivity (Wildman–Crippen MR) is 36.8 cm³/mol. The summed E-state index contributed by atoms with van der Waals surface area (Å²) in [5, 5.41) is 34.2. The van der Waals surface area contributed by atoms with Gasteiger partial charge in [0, 0.05) is 0 Å². The fourth-order valence-electron chi connectivity index (χ4n) is 0.479. The highest BCUT2D eigenvalue weighted by molar-refractivity contribution is 4.81. The van der Waals surface area contributed by atoms with Gasteiger partial charge in [0.15, 0.2) is 0 Å². The Morgan fingerprint density at radius 3 is 1.73 bits per heavy atom. The summed E-state index contributed by atoms with van der Waals surface area (Å²) in [5.41, 5.74) is 8.90. The Hall–Kier alpha value is -0.240. The monoisotopic (exact) mass is 166 g/mol. The molecule has 8 N–H and O–H groups in total. The van der Waals surface area contributed by atoms with E-state index in [-0.39, 0.29) is 0 Å². The van der Waals surface area contributed by atoms with Gasteiger partial charge < -0.3 is 31.9 Å². The largest absolute Gasteiger partial charge is 0.390 e. The quantitative estimate of drug-likeness (QED) is 0.247. The molecule has 0 spiro atoms. The van der Waals surface area contributed by atoms with Gasteiger partial charge in [-0.3, -0.25) is 0 Å². The molecule has 1 atom stereocenters. The van der Waals surface area contributed by atoms with E-state index in [1.54, 1.807) is 0 Å². The van der Waals surface area contributed by atoms with Gasteiger partial charge >= 0.3 is 0 Å². The minimum atomic E-state index is -2.93. The SMILES string of the molecule is CC(N)(N)C(O)CC(O)(O)O. The van der Waals surface area contributed by atoms with Crippen molar-refractivity contribution in [2.24, 2.45) is 11.5 Å². The van der Waals surface area contributed by atoms with Crippen molar-refractivity contribution in [1.29, 1.82) is 0 Å². The Morgan fingerprint density at radius 1 is 1.27 bits per heavy atom. The lowest BCUT2D eigenvalue weighted by Crippen LogP contribution is -2.58. The molecule has 68 valence electrons. The van der Waals surface area contributed by atoms with Gasteiger partial charge in [-0.05, 0) is 6.92 Å². The molecular formula is C5H14N2O4. The van der Waals surface area contributed by atoms with E-state index in [0.29, 0.717) is 0 Å². The Labute approximate surface area is 64.1 Å². The van der Waals surface area contributed by atoms with Crippen LogP contribution in [-0.2, 0) is 0 Å². The number of hydrogen-bond donors (Lipinski definition) is 6. The van der Waals surface area contributed by atoms with Gasteiger partial charge in [-0.1, -0.05) is 0 Å². The van der Waals surface area contributed by atoms with E-state index in [9.17, 15) is 0 Å².